The first kappa shape index (κ1) is 16.3. The molecule has 0 fully saturated rings. The molecule has 0 aliphatic heterocycles. The van der Waals surface area contributed by atoms with Gasteiger partial charge in [0.05, 0.1) is 23.0 Å². The van der Waals surface area contributed by atoms with Gasteiger partial charge in [-0.05, 0) is 29.8 Å². The van der Waals surface area contributed by atoms with Gasteiger partial charge in [0.15, 0.2) is 5.65 Å². The van der Waals surface area contributed by atoms with Crippen molar-refractivity contribution in [2.45, 2.75) is 0 Å². The molecule has 27 heavy (non-hydrogen) atoms. The summed E-state index contributed by atoms with van der Waals surface area (Å²) in [6.45, 7) is 0. The lowest BCUT2D eigenvalue weighted by molar-refractivity contribution is -0.384. The lowest BCUT2D eigenvalue weighted by atomic mass is 10.2. The minimum Gasteiger partial charge on any atom is -0.266 e. The minimum absolute atomic E-state index is 0.0132. The number of rotatable bonds is 4. The highest BCUT2D eigenvalue weighted by Gasteiger charge is 2.11. The zero-order valence-electron chi connectivity index (χ0n) is 13.8. The van der Waals surface area contributed by atoms with Crippen molar-refractivity contribution in [2.75, 3.05) is 0 Å². The number of aromatic nitrogens is 4. The van der Waals surface area contributed by atoms with E-state index in [2.05, 4.69) is 15.2 Å². The number of nitrogens with zero attached hydrogens (tertiary/aromatic N) is 6. The Morgan fingerprint density at radius 1 is 1.07 bits per heavy atom. The highest BCUT2D eigenvalue weighted by atomic mass is 16.6. The fourth-order valence-electron chi connectivity index (χ4n) is 2.55. The van der Waals surface area contributed by atoms with Gasteiger partial charge in [0, 0.05) is 12.1 Å². The van der Waals surface area contributed by atoms with E-state index in [1.54, 1.807) is 16.8 Å². The van der Waals surface area contributed by atoms with E-state index < -0.39 is 4.92 Å². The predicted octanol–water partition coefficient (Wildman–Crippen LogP) is 2.37. The summed E-state index contributed by atoms with van der Waals surface area (Å²) in [6.07, 6.45) is 4.20. The molecule has 0 radical (unpaired) electrons. The molecule has 9 nitrogen and oxygen atoms in total. The molecule has 4 aromatic rings. The lowest BCUT2D eigenvalue weighted by Gasteiger charge is -2.02. The van der Waals surface area contributed by atoms with Gasteiger partial charge in [-0.2, -0.15) is 14.9 Å². The van der Waals surface area contributed by atoms with Crippen LogP contribution >= 0.6 is 0 Å². The third-order valence-corrected chi connectivity index (χ3v) is 3.91. The molecule has 9 heteroatoms. The zero-order chi connectivity index (χ0) is 18.8. The second-order valence-corrected chi connectivity index (χ2v) is 5.62. The van der Waals surface area contributed by atoms with Crippen LogP contribution in [0.1, 0.15) is 5.56 Å². The van der Waals surface area contributed by atoms with Crippen molar-refractivity contribution in [3.05, 3.63) is 93.2 Å². The fraction of sp³-hybridized carbons (Fsp3) is 0. The standard InChI is InChI=1S/C18H12N6O3/c25-18-16-11-21-23(14-4-2-1-3-5-14)17(16)19-12-22(18)20-10-13-6-8-15(9-7-13)24(26)27/h1-12H/b20-10+. The van der Waals surface area contributed by atoms with Crippen molar-refractivity contribution in [1.29, 1.82) is 0 Å². The smallest absolute Gasteiger partial charge is 0.266 e. The van der Waals surface area contributed by atoms with Crippen molar-refractivity contribution in [3.63, 3.8) is 0 Å². The molecule has 2 heterocycles. The van der Waals surface area contributed by atoms with Crippen LogP contribution < -0.4 is 5.56 Å². The van der Waals surface area contributed by atoms with E-state index in [-0.39, 0.29) is 11.2 Å². The Morgan fingerprint density at radius 2 is 1.81 bits per heavy atom. The molecule has 0 saturated heterocycles. The molecular formula is C18H12N6O3. The maximum absolute atomic E-state index is 12.6. The molecular weight excluding hydrogens is 348 g/mol. The van der Waals surface area contributed by atoms with E-state index >= 15 is 0 Å². The molecule has 0 saturated carbocycles. The second-order valence-electron chi connectivity index (χ2n) is 5.62. The number of benzene rings is 2. The highest BCUT2D eigenvalue weighted by molar-refractivity contribution is 5.80. The Morgan fingerprint density at radius 3 is 2.52 bits per heavy atom. The van der Waals surface area contributed by atoms with Gasteiger partial charge in [0.1, 0.15) is 11.7 Å². The van der Waals surface area contributed by atoms with Crippen LogP contribution in [0.3, 0.4) is 0 Å². The Kier molecular flexibility index (Phi) is 4.01. The summed E-state index contributed by atoms with van der Waals surface area (Å²) in [5.74, 6) is 0. The third-order valence-electron chi connectivity index (χ3n) is 3.91. The first-order chi connectivity index (χ1) is 13.1. The molecule has 2 aromatic carbocycles. The van der Waals surface area contributed by atoms with Crippen LogP contribution in [-0.2, 0) is 0 Å². The topological polar surface area (TPSA) is 108 Å². The van der Waals surface area contributed by atoms with Crippen molar-refractivity contribution >= 4 is 22.9 Å². The maximum Gasteiger partial charge on any atom is 0.285 e. The number of nitro benzene ring substituents is 1. The van der Waals surface area contributed by atoms with Gasteiger partial charge >= 0.3 is 0 Å². The highest BCUT2D eigenvalue weighted by Crippen LogP contribution is 2.13. The number of fused-ring (bicyclic) bond motifs is 1. The third kappa shape index (κ3) is 3.09. The van der Waals surface area contributed by atoms with Crippen LogP contribution in [0.2, 0.25) is 0 Å². The van der Waals surface area contributed by atoms with E-state index in [0.29, 0.717) is 16.6 Å². The summed E-state index contributed by atoms with van der Waals surface area (Å²) in [7, 11) is 0. The number of nitro groups is 1. The minimum atomic E-state index is -0.479. The van der Waals surface area contributed by atoms with Gasteiger partial charge < -0.3 is 0 Å². The Balaban J connectivity index is 1.68. The van der Waals surface area contributed by atoms with Crippen LogP contribution in [0.25, 0.3) is 16.7 Å². The largest absolute Gasteiger partial charge is 0.285 e. The Bertz CT molecular complexity index is 1210. The average Bonchev–Trinajstić information content (AvgIpc) is 3.13. The zero-order valence-corrected chi connectivity index (χ0v) is 13.8. The van der Waals surface area contributed by atoms with E-state index in [4.69, 9.17) is 0 Å². The van der Waals surface area contributed by atoms with Gasteiger partial charge in [-0.15, -0.1) is 0 Å². The molecule has 0 aliphatic rings. The van der Waals surface area contributed by atoms with Gasteiger partial charge in [-0.3, -0.25) is 14.9 Å². The SMILES string of the molecule is O=c1c2cnn(-c3ccccc3)c2ncn1/N=C/c1ccc([N+](=O)[O-])cc1. The summed E-state index contributed by atoms with van der Waals surface area (Å²) >= 11 is 0. The van der Waals surface area contributed by atoms with Crippen LogP contribution in [0, 0.1) is 10.1 Å². The van der Waals surface area contributed by atoms with Crippen molar-refractivity contribution < 1.29 is 4.92 Å². The summed E-state index contributed by atoms with van der Waals surface area (Å²) in [4.78, 5) is 27.1. The molecule has 4 rings (SSSR count). The number of hydrogen-bond donors (Lipinski definition) is 0. The van der Waals surface area contributed by atoms with Gasteiger partial charge in [0.25, 0.3) is 11.2 Å². The van der Waals surface area contributed by atoms with E-state index in [1.807, 2.05) is 30.3 Å². The normalized spacial score (nSPS) is 11.3. The van der Waals surface area contributed by atoms with Crippen LogP contribution in [0.4, 0.5) is 5.69 Å². The first-order valence-corrected chi connectivity index (χ1v) is 7.93. The van der Waals surface area contributed by atoms with E-state index in [9.17, 15) is 14.9 Å². The molecule has 0 aliphatic carbocycles. The molecule has 132 valence electrons. The molecule has 0 bridgehead atoms. The molecule has 0 amide bonds. The Hall–Kier alpha value is -4.14. The average molecular weight is 360 g/mol. The van der Waals surface area contributed by atoms with Gasteiger partial charge in [-0.1, -0.05) is 18.2 Å². The molecule has 0 unspecified atom stereocenters. The summed E-state index contributed by atoms with van der Waals surface area (Å²) in [6, 6.07) is 15.2. The lowest BCUT2D eigenvalue weighted by Crippen LogP contribution is -2.17. The summed E-state index contributed by atoms with van der Waals surface area (Å²) in [5, 5.41) is 19.3. The first-order valence-electron chi connectivity index (χ1n) is 7.93. The summed E-state index contributed by atoms with van der Waals surface area (Å²) < 4.78 is 2.68. The fourth-order valence-corrected chi connectivity index (χ4v) is 2.55. The Labute approximate surface area is 152 Å². The quantitative estimate of drug-likeness (QED) is 0.315. The monoisotopic (exact) mass is 360 g/mol. The molecule has 0 spiro atoms. The van der Waals surface area contributed by atoms with E-state index in [1.165, 1.54) is 30.9 Å². The number of para-hydroxylation sites is 1. The maximum atomic E-state index is 12.6. The number of hydrogen-bond acceptors (Lipinski definition) is 6. The van der Waals surface area contributed by atoms with Crippen molar-refractivity contribution in [3.8, 4) is 5.69 Å². The molecule has 0 N–H and O–H groups in total. The number of non-ortho nitro benzene ring substituents is 1. The molecule has 2 aromatic heterocycles. The van der Waals surface area contributed by atoms with Gasteiger partial charge in [-0.25, -0.2) is 9.67 Å². The van der Waals surface area contributed by atoms with Crippen LogP contribution in [0.15, 0.2) is 77.0 Å². The second kappa shape index (κ2) is 6.64. The van der Waals surface area contributed by atoms with Crippen LogP contribution in [0.5, 0.6) is 0 Å². The van der Waals surface area contributed by atoms with Crippen molar-refractivity contribution in [1.82, 2.24) is 19.4 Å². The molecule has 0 atom stereocenters. The van der Waals surface area contributed by atoms with Gasteiger partial charge in [0.2, 0.25) is 0 Å². The summed E-state index contributed by atoms with van der Waals surface area (Å²) in [5.41, 5.74) is 1.48. The van der Waals surface area contributed by atoms with Crippen LogP contribution in [-0.4, -0.2) is 30.6 Å². The van der Waals surface area contributed by atoms with Crippen molar-refractivity contribution in [2.24, 2.45) is 5.10 Å². The predicted molar refractivity (Wildman–Crippen MR) is 99.2 cm³/mol. The van der Waals surface area contributed by atoms with E-state index in [0.717, 1.165) is 10.4 Å².